The summed E-state index contributed by atoms with van der Waals surface area (Å²) in [6.07, 6.45) is 3.34. The van der Waals surface area contributed by atoms with Crippen LogP contribution in [0.3, 0.4) is 0 Å². The molecule has 0 aliphatic heterocycles. The molecule has 4 N–H and O–H groups in total. The first-order chi connectivity index (χ1) is 12.2. The lowest BCUT2D eigenvalue weighted by Crippen LogP contribution is -2.47. The molecule has 3 amide bonds. The third kappa shape index (κ3) is 4.38. The number of hydrogen-bond donors (Lipinski definition) is 4. The van der Waals surface area contributed by atoms with E-state index in [1.54, 1.807) is 6.20 Å². The lowest BCUT2D eigenvalue weighted by Gasteiger charge is -2.08. The molecule has 0 aliphatic rings. The van der Waals surface area contributed by atoms with Crippen LogP contribution < -0.4 is 16.2 Å². The van der Waals surface area contributed by atoms with Gasteiger partial charge in [0.05, 0.1) is 5.56 Å². The largest absolute Gasteiger partial charge is 0.360 e. The van der Waals surface area contributed by atoms with E-state index in [1.165, 1.54) is 5.56 Å². The Bertz CT molecular complexity index is 858. The van der Waals surface area contributed by atoms with Gasteiger partial charge in [-0.05, 0) is 24.5 Å². The van der Waals surface area contributed by atoms with Gasteiger partial charge < -0.3 is 10.3 Å². The highest BCUT2D eigenvalue weighted by molar-refractivity contribution is 6.06. The molecule has 0 spiro atoms. The van der Waals surface area contributed by atoms with Crippen LogP contribution in [-0.4, -0.2) is 23.5 Å². The monoisotopic (exact) mass is 336 g/mol. The fourth-order valence-electron chi connectivity index (χ4n) is 2.62. The van der Waals surface area contributed by atoms with Gasteiger partial charge in [0.15, 0.2) is 0 Å². The quantitative estimate of drug-likeness (QED) is 0.426. The number of urea groups is 1. The van der Waals surface area contributed by atoms with Crippen molar-refractivity contribution in [1.82, 2.24) is 21.2 Å². The number of aromatic nitrogens is 1. The third-order valence-electron chi connectivity index (χ3n) is 3.89. The molecule has 128 valence electrons. The Morgan fingerprint density at radius 1 is 0.920 bits per heavy atom. The molecule has 1 aromatic heterocycles. The van der Waals surface area contributed by atoms with Crippen molar-refractivity contribution in [3.05, 3.63) is 71.9 Å². The van der Waals surface area contributed by atoms with Gasteiger partial charge in [-0.25, -0.2) is 10.2 Å². The molecule has 0 bridgehead atoms. The van der Waals surface area contributed by atoms with E-state index in [4.69, 9.17) is 0 Å². The van der Waals surface area contributed by atoms with E-state index in [0.717, 1.165) is 23.7 Å². The maximum absolute atomic E-state index is 12.2. The van der Waals surface area contributed by atoms with Crippen LogP contribution >= 0.6 is 0 Å². The smallest absolute Gasteiger partial charge is 0.333 e. The summed E-state index contributed by atoms with van der Waals surface area (Å²) in [4.78, 5) is 26.9. The summed E-state index contributed by atoms with van der Waals surface area (Å²) in [6.45, 7) is 0.531. The predicted octanol–water partition coefficient (Wildman–Crippen LogP) is 2.74. The van der Waals surface area contributed by atoms with E-state index in [2.05, 4.69) is 33.3 Å². The highest BCUT2D eigenvalue weighted by Gasteiger charge is 2.12. The minimum atomic E-state index is -0.429. The first kappa shape index (κ1) is 16.6. The molecule has 0 radical (unpaired) electrons. The molecule has 3 rings (SSSR count). The topological polar surface area (TPSA) is 86.0 Å². The number of carbonyl (C=O) groups excluding carboxylic acids is 2. The minimum absolute atomic E-state index is 0.364. The van der Waals surface area contributed by atoms with Crippen LogP contribution in [0.25, 0.3) is 10.9 Å². The molecule has 25 heavy (non-hydrogen) atoms. The number of benzene rings is 2. The molecule has 0 saturated heterocycles. The van der Waals surface area contributed by atoms with Crippen LogP contribution in [0.1, 0.15) is 22.3 Å². The van der Waals surface area contributed by atoms with Crippen molar-refractivity contribution in [2.45, 2.75) is 12.8 Å². The highest BCUT2D eigenvalue weighted by Crippen LogP contribution is 2.17. The van der Waals surface area contributed by atoms with E-state index in [9.17, 15) is 9.59 Å². The van der Waals surface area contributed by atoms with E-state index in [1.807, 2.05) is 42.5 Å². The van der Waals surface area contributed by atoms with Crippen molar-refractivity contribution in [2.75, 3.05) is 6.54 Å². The van der Waals surface area contributed by atoms with Crippen molar-refractivity contribution in [3.8, 4) is 0 Å². The Balaban J connectivity index is 1.40. The average molecular weight is 336 g/mol. The van der Waals surface area contributed by atoms with Crippen molar-refractivity contribution < 1.29 is 9.59 Å². The number of hydrogen-bond acceptors (Lipinski definition) is 2. The Kier molecular flexibility index (Phi) is 5.31. The lowest BCUT2D eigenvalue weighted by atomic mass is 10.1. The predicted molar refractivity (Wildman–Crippen MR) is 97.1 cm³/mol. The summed E-state index contributed by atoms with van der Waals surface area (Å²) in [5.41, 5.74) is 7.38. The molecule has 1 heterocycles. The fraction of sp³-hybridized carbons (Fsp3) is 0.158. The zero-order valence-electron chi connectivity index (χ0n) is 13.7. The molecular weight excluding hydrogens is 316 g/mol. The molecule has 0 unspecified atom stereocenters. The van der Waals surface area contributed by atoms with Crippen LogP contribution in [-0.2, 0) is 6.42 Å². The van der Waals surface area contributed by atoms with Gasteiger partial charge in [-0.1, -0.05) is 48.5 Å². The number of fused-ring (bicyclic) bond motifs is 1. The number of hydrazine groups is 1. The molecule has 6 nitrogen and oxygen atoms in total. The molecule has 0 aliphatic carbocycles. The Labute approximate surface area is 145 Å². The van der Waals surface area contributed by atoms with Crippen molar-refractivity contribution in [2.24, 2.45) is 0 Å². The van der Waals surface area contributed by atoms with Gasteiger partial charge in [0.25, 0.3) is 5.91 Å². The zero-order chi connectivity index (χ0) is 17.5. The van der Waals surface area contributed by atoms with E-state index in [-0.39, 0.29) is 5.91 Å². The number of aromatic amines is 1. The van der Waals surface area contributed by atoms with Gasteiger partial charge in [-0.3, -0.25) is 10.2 Å². The third-order valence-corrected chi connectivity index (χ3v) is 3.89. The summed E-state index contributed by atoms with van der Waals surface area (Å²) in [7, 11) is 0. The maximum Gasteiger partial charge on any atom is 0.333 e. The molecular formula is C19H20N4O2. The van der Waals surface area contributed by atoms with Crippen LogP contribution in [0.15, 0.2) is 60.8 Å². The maximum atomic E-state index is 12.2. The Morgan fingerprint density at radius 3 is 2.52 bits per heavy atom. The fourth-order valence-corrected chi connectivity index (χ4v) is 2.62. The van der Waals surface area contributed by atoms with E-state index < -0.39 is 6.03 Å². The Hall–Kier alpha value is -3.28. The second kappa shape index (κ2) is 8.01. The molecule has 0 fully saturated rings. The minimum Gasteiger partial charge on any atom is -0.360 e. The number of nitrogens with one attached hydrogen (secondary N) is 4. The van der Waals surface area contributed by atoms with Crippen LogP contribution in [0.2, 0.25) is 0 Å². The zero-order valence-corrected chi connectivity index (χ0v) is 13.7. The summed E-state index contributed by atoms with van der Waals surface area (Å²) >= 11 is 0. The number of para-hydroxylation sites is 1. The van der Waals surface area contributed by atoms with Gasteiger partial charge in [-0.2, -0.15) is 0 Å². The first-order valence-electron chi connectivity index (χ1n) is 8.18. The van der Waals surface area contributed by atoms with E-state index in [0.29, 0.717) is 12.1 Å². The molecule has 0 atom stereocenters. The Morgan fingerprint density at radius 2 is 1.68 bits per heavy atom. The van der Waals surface area contributed by atoms with Crippen LogP contribution in [0.5, 0.6) is 0 Å². The number of carbonyl (C=O) groups is 2. The van der Waals surface area contributed by atoms with Crippen molar-refractivity contribution >= 4 is 22.8 Å². The lowest BCUT2D eigenvalue weighted by molar-refractivity contribution is 0.0938. The standard InChI is InChI=1S/C19H20N4O2/c24-18(16-13-21-17-11-5-4-10-15(16)17)22-23-19(25)20-12-6-9-14-7-2-1-3-8-14/h1-5,7-8,10-11,13,21H,6,9,12H2,(H,22,24)(H2,20,23,25). The number of aryl methyl sites for hydroxylation is 1. The number of amides is 3. The van der Waals surface area contributed by atoms with E-state index >= 15 is 0 Å². The average Bonchev–Trinajstić information content (AvgIpc) is 3.08. The first-order valence-corrected chi connectivity index (χ1v) is 8.18. The van der Waals surface area contributed by atoms with Gasteiger partial charge in [0.2, 0.25) is 0 Å². The number of rotatable bonds is 5. The highest BCUT2D eigenvalue weighted by atomic mass is 16.2. The second-order valence-electron chi connectivity index (χ2n) is 5.67. The van der Waals surface area contributed by atoms with Gasteiger partial charge >= 0.3 is 6.03 Å². The molecule has 6 heteroatoms. The SMILES string of the molecule is O=C(NCCCc1ccccc1)NNC(=O)c1c[nH]c2ccccc12. The molecule has 2 aromatic carbocycles. The second-order valence-corrected chi connectivity index (χ2v) is 5.67. The summed E-state index contributed by atoms with van der Waals surface area (Å²) in [5, 5.41) is 3.53. The summed E-state index contributed by atoms with van der Waals surface area (Å²) in [5.74, 6) is -0.364. The van der Waals surface area contributed by atoms with Crippen molar-refractivity contribution in [3.63, 3.8) is 0 Å². The van der Waals surface area contributed by atoms with Gasteiger partial charge in [-0.15, -0.1) is 0 Å². The number of H-pyrrole nitrogens is 1. The molecule has 3 aromatic rings. The van der Waals surface area contributed by atoms with Crippen LogP contribution in [0, 0.1) is 0 Å². The van der Waals surface area contributed by atoms with Gasteiger partial charge in [0, 0.05) is 23.6 Å². The summed E-state index contributed by atoms with van der Waals surface area (Å²) < 4.78 is 0. The molecule has 0 saturated carbocycles. The van der Waals surface area contributed by atoms with Crippen molar-refractivity contribution in [1.29, 1.82) is 0 Å². The van der Waals surface area contributed by atoms with Gasteiger partial charge in [0.1, 0.15) is 0 Å². The summed E-state index contributed by atoms with van der Waals surface area (Å²) in [6, 6.07) is 17.1. The normalized spacial score (nSPS) is 10.4. The van der Waals surface area contributed by atoms with Crippen LogP contribution in [0.4, 0.5) is 4.79 Å².